The van der Waals surface area contributed by atoms with Crippen LogP contribution in [0, 0.1) is 17.3 Å². The molecule has 0 spiro atoms. The number of fused-ring (bicyclic) bond motifs is 5. The highest BCUT2D eigenvalue weighted by atomic mass is 16.3. The summed E-state index contributed by atoms with van der Waals surface area (Å²) in [6.45, 7) is 1.90. The van der Waals surface area contributed by atoms with Gasteiger partial charge in [-0.25, -0.2) is 0 Å². The van der Waals surface area contributed by atoms with Gasteiger partial charge in [-0.15, -0.1) is 0 Å². The van der Waals surface area contributed by atoms with Gasteiger partial charge in [0, 0.05) is 24.2 Å². The van der Waals surface area contributed by atoms with Crippen LogP contribution in [0.5, 0.6) is 5.75 Å². The molecule has 116 valence electrons. The van der Waals surface area contributed by atoms with Gasteiger partial charge in [-0.1, -0.05) is 13.0 Å². The molecule has 0 aliphatic heterocycles. The zero-order chi connectivity index (χ0) is 15.7. The van der Waals surface area contributed by atoms with E-state index in [9.17, 15) is 19.8 Å². The smallest absolute Gasteiger partial charge is 0.170 e. The first-order valence-corrected chi connectivity index (χ1v) is 7.98. The molecule has 4 unspecified atom stereocenters. The van der Waals surface area contributed by atoms with Gasteiger partial charge in [0.15, 0.2) is 11.4 Å². The Morgan fingerprint density at radius 3 is 2.59 bits per heavy atom. The highest BCUT2D eigenvalue weighted by Gasteiger charge is 2.63. The number of benzene rings is 1. The molecule has 0 radical (unpaired) electrons. The zero-order valence-electron chi connectivity index (χ0n) is 12.6. The number of carbonyl (C=O) groups is 2. The lowest BCUT2D eigenvalue weighted by Gasteiger charge is -2.51. The number of hydrogen-bond acceptors (Lipinski definition) is 4. The zero-order valence-corrected chi connectivity index (χ0v) is 12.6. The maximum atomic E-state index is 12.8. The Labute approximate surface area is 129 Å². The number of aromatic hydroxyl groups is 1. The van der Waals surface area contributed by atoms with E-state index in [0.29, 0.717) is 18.4 Å². The van der Waals surface area contributed by atoms with Crippen LogP contribution in [0.15, 0.2) is 18.2 Å². The molecule has 1 aromatic rings. The van der Waals surface area contributed by atoms with E-state index in [4.69, 9.17) is 0 Å². The quantitative estimate of drug-likeness (QED) is 0.769. The van der Waals surface area contributed by atoms with Gasteiger partial charge in [-0.2, -0.15) is 0 Å². The molecule has 0 saturated heterocycles. The van der Waals surface area contributed by atoms with Crippen LogP contribution < -0.4 is 0 Å². The summed E-state index contributed by atoms with van der Waals surface area (Å²) >= 11 is 0. The molecule has 0 bridgehead atoms. The van der Waals surface area contributed by atoms with Crippen molar-refractivity contribution in [1.82, 2.24) is 0 Å². The van der Waals surface area contributed by atoms with Gasteiger partial charge in [-0.05, 0) is 48.4 Å². The van der Waals surface area contributed by atoms with Crippen LogP contribution >= 0.6 is 0 Å². The predicted molar refractivity (Wildman–Crippen MR) is 79.3 cm³/mol. The Morgan fingerprint density at radius 2 is 1.82 bits per heavy atom. The number of aliphatic hydroxyl groups is 1. The maximum Gasteiger partial charge on any atom is 0.170 e. The first kappa shape index (κ1) is 13.9. The number of hydrogen-bond donors (Lipinski definition) is 2. The second kappa shape index (κ2) is 4.19. The minimum atomic E-state index is -1.49. The fourth-order valence-corrected chi connectivity index (χ4v) is 5.17. The van der Waals surface area contributed by atoms with Crippen molar-refractivity contribution in [3.63, 3.8) is 0 Å². The van der Waals surface area contributed by atoms with Crippen LogP contribution in [-0.2, 0) is 21.6 Å². The molecule has 0 amide bonds. The second-order valence-electron chi connectivity index (χ2n) is 7.34. The maximum absolute atomic E-state index is 12.8. The number of carbonyl (C=O) groups excluding carboxylic acids is 2. The van der Waals surface area contributed by atoms with E-state index < -0.39 is 11.0 Å². The molecule has 1 aromatic carbocycles. The Bertz CT molecular complexity index is 694. The van der Waals surface area contributed by atoms with Crippen molar-refractivity contribution in [3.05, 3.63) is 29.3 Å². The van der Waals surface area contributed by atoms with Crippen molar-refractivity contribution in [2.24, 2.45) is 17.3 Å². The Morgan fingerprint density at radius 1 is 1.09 bits per heavy atom. The van der Waals surface area contributed by atoms with Crippen LogP contribution in [-0.4, -0.2) is 21.8 Å². The van der Waals surface area contributed by atoms with Crippen LogP contribution in [0.4, 0.5) is 0 Å². The lowest BCUT2D eigenvalue weighted by Crippen LogP contribution is -2.57. The van der Waals surface area contributed by atoms with Gasteiger partial charge in [0.05, 0.1) is 0 Å². The molecule has 0 aromatic heterocycles. The minimum absolute atomic E-state index is 0.0738. The Hall–Kier alpha value is -1.68. The van der Waals surface area contributed by atoms with Crippen molar-refractivity contribution in [1.29, 1.82) is 0 Å². The van der Waals surface area contributed by atoms with Crippen molar-refractivity contribution >= 4 is 11.6 Å². The molecule has 3 aliphatic carbocycles. The first-order valence-electron chi connectivity index (χ1n) is 7.98. The van der Waals surface area contributed by atoms with E-state index in [1.54, 1.807) is 12.1 Å². The summed E-state index contributed by atoms with van der Waals surface area (Å²) in [6, 6.07) is 4.85. The predicted octanol–water partition coefficient (Wildman–Crippen LogP) is 2.10. The lowest BCUT2D eigenvalue weighted by atomic mass is 9.53. The summed E-state index contributed by atoms with van der Waals surface area (Å²) in [5.74, 6) is -0.0284. The van der Waals surface area contributed by atoms with Crippen molar-refractivity contribution in [2.75, 3.05) is 0 Å². The summed E-state index contributed by atoms with van der Waals surface area (Å²) in [7, 11) is 0. The van der Waals surface area contributed by atoms with E-state index in [2.05, 4.69) is 0 Å². The van der Waals surface area contributed by atoms with Crippen molar-refractivity contribution in [3.8, 4) is 5.75 Å². The van der Waals surface area contributed by atoms with Gasteiger partial charge in [0.25, 0.3) is 0 Å². The fraction of sp³-hybridized carbons (Fsp3) is 0.556. The van der Waals surface area contributed by atoms with Gasteiger partial charge in [-0.3, -0.25) is 9.59 Å². The van der Waals surface area contributed by atoms with E-state index in [1.807, 2.05) is 6.92 Å². The molecular formula is C18H20O4. The third-order valence-corrected chi connectivity index (χ3v) is 6.34. The van der Waals surface area contributed by atoms with E-state index in [0.717, 1.165) is 18.4 Å². The molecule has 3 aliphatic rings. The van der Waals surface area contributed by atoms with E-state index >= 15 is 0 Å². The largest absolute Gasteiger partial charge is 0.508 e. The van der Waals surface area contributed by atoms with Gasteiger partial charge in [0.1, 0.15) is 11.5 Å². The van der Waals surface area contributed by atoms with Crippen LogP contribution in [0.2, 0.25) is 0 Å². The number of Topliss-reactive ketones (excluding diaryl/α,β-unsaturated/α-hetero) is 2. The molecule has 4 heteroatoms. The number of aryl methyl sites for hydroxylation is 1. The number of ketones is 2. The number of phenols is 1. The van der Waals surface area contributed by atoms with Crippen LogP contribution in [0.1, 0.15) is 43.7 Å². The molecular weight excluding hydrogens is 280 g/mol. The van der Waals surface area contributed by atoms with Gasteiger partial charge in [0.2, 0.25) is 0 Å². The summed E-state index contributed by atoms with van der Waals surface area (Å²) in [5.41, 5.74) is -0.605. The average Bonchev–Trinajstić information content (AvgIpc) is 2.75. The van der Waals surface area contributed by atoms with Gasteiger partial charge >= 0.3 is 0 Å². The number of phenolic OH excluding ortho intramolecular Hbond substituents is 1. The molecule has 2 N–H and O–H groups in total. The van der Waals surface area contributed by atoms with Crippen LogP contribution in [0.25, 0.3) is 0 Å². The summed E-state index contributed by atoms with van der Waals surface area (Å²) < 4.78 is 0. The molecule has 0 heterocycles. The molecule has 4 atom stereocenters. The molecule has 22 heavy (non-hydrogen) atoms. The lowest BCUT2D eigenvalue weighted by molar-refractivity contribution is -0.169. The molecule has 4 rings (SSSR count). The van der Waals surface area contributed by atoms with E-state index in [1.165, 1.54) is 6.07 Å². The third kappa shape index (κ3) is 1.51. The van der Waals surface area contributed by atoms with Gasteiger partial charge < -0.3 is 10.2 Å². The Balaban J connectivity index is 1.87. The van der Waals surface area contributed by atoms with Crippen molar-refractivity contribution < 1.29 is 19.8 Å². The standard InChI is InChI=1S/C18H20O4/c1-17-9-16(21)18(22)12-5-3-11(19)8-10(12)2-4-14(18)13(17)6-7-15(17)20/h3,5,8,13-14,19,22H,2,4,6-7,9H2,1H3. The molecule has 2 fully saturated rings. The van der Waals surface area contributed by atoms with Crippen molar-refractivity contribution in [2.45, 2.75) is 44.6 Å². The summed E-state index contributed by atoms with van der Waals surface area (Å²) in [4.78, 5) is 25.1. The average molecular weight is 300 g/mol. The SMILES string of the molecule is CC12CC(=O)C3(O)c4ccc(O)cc4CCC3C1CCC2=O. The highest BCUT2D eigenvalue weighted by Crippen LogP contribution is 2.59. The Kier molecular flexibility index (Phi) is 2.66. The topological polar surface area (TPSA) is 74.6 Å². The highest BCUT2D eigenvalue weighted by molar-refractivity contribution is 5.98. The second-order valence-corrected chi connectivity index (χ2v) is 7.34. The minimum Gasteiger partial charge on any atom is -0.508 e. The summed E-state index contributed by atoms with van der Waals surface area (Å²) in [5, 5.41) is 21.0. The number of rotatable bonds is 0. The molecule has 2 saturated carbocycles. The van der Waals surface area contributed by atoms with Crippen LogP contribution in [0.3, 0.4) is 0 Å². The summed E-state index contributed by atoms with van der Waals surface area (Å²) in [6.07, 6.45) is 2.83. The first-order chi connectivity index (χ1) is 10.4. The normalized spacial score (nSPS) is 40.1. The third-order valence-electron chi connectivity index (χ3n) is 6.34. The van der Waals surface area contributed by atoms with E-state index in [-0.39, 0.29) is 35.6 Å². The fourth-order valence-electron chi connectivity index (χ4n) is 5.17. The monoisotopic (exact) mass is 300 g/mol. The molecule has 4 nitrogen and oxygen atoms in total.